The number of furan rings is 1. The molecule has 0 saturated heterocycles. The Bertz CT molecular complexity index is 359. The molecule has 2 atom stereocenters. The Kier molecular flexibility index (Phi) is 5.37. The molecule has 1 aromatic heterocycles. The first-order valence-electron chi connectivity index (χ1n) is 6.02. The standard InChI is InChI=1S/C13H21NO4/c1-10(6-7-11-5-4-8-18-11)14-9-13(2,16)12(15)17-3/h4-5,8,10,14,16H,6-7,9H2,1-3H3. The number of carbonyl (C=O) groups is 1. The smallest absolute Gasteiger partial charge is 0.338 e. The molecule has 0 radical (unpaired) electrons. The first-order chi connectivity index (χ1) is 8.45. The van der Waals surface area contributed by atoms with E-state index >= 15 is 0 Å². The van der Waals surface area contributed by atoms with E-state index in [-0.39, 0.29) is 12.6 Å². The monoisotopic (exact) mass is 255 g/mol. The average molecular weight is 255 g/mol. The SMILES string of the molecule is COC(=O)C(C)(O)CNC(C)CCc1ccco1. The van der Waals surface area contributed by atoms with Gasteiger partial charge in [0.25, 0.3) is 0 Å². The number of hydrogen-bond acceptors (Lipinski definition) is 5. The van der Waals surface area contributed by atoms with Gasteiger partial charge in [-0.05, 0) is 32.4 Å². The van der Waals surface area contributed by atoms with Crippen LogP contribution in [0, 0.1) is 0 Å². The molecule has 0 aliphatic rings. The third kappa shape index (κ3) is 4.50. The van der Waals surface area contributed by atoms with Crippen LogP contribution < -0.4 is 5.32 Å². The number of aryl methyl sites for hydroxylation is 1. The van der Waals surface area contributed by atoms with E-state index in [9.17, 15) is 9.90 Å². The van der Waals surface area contributed by atoms with E-state index in [0.717, 1.165) is 18.6 Å². The van der Waals surface area contributed by atoms with Crippen molar-refractivity contribution in [2.45, 2.75) is 38.3 Å². The summed E-state index contributed by atoms with van der Waals surface area (Å²) in [4.78, 5) is 11.3. The summed E-state index contributed by atoms with van der Waals surface area (Å²) in [7, 11) is 1.26. The van der Waals surface area contributed by atoms with Crippen LogP contribution >= 0.6 is 0 Å². The number of carbonyl (C=O) groups excluding carboxylic acids is 1. The Hall–Kier alpha value is -1.33. The van der Waals surface area contributed by atoms with Crippen LogP contribution in [0.3, 0.4) is 0 Å². The molecule has 0 saturated carbocycles. The van der Waals surface area contributed by atoms with Gasteiger partial charge in [0.1, 0.15) is 5.76 Å². The fourth-order valence-electron chi connectivity index (χ4n) is 1.58. The van der Waals surface area contributed by atoms with Crippen molar-refractivity contribution in [3.8, 4) is 0 Å². The second kappa shape index (κ2) is 6.56. The molecular formula is C13H21NO4. The van der Waals surface area contributed by atoms with Gasteiger partial charge in [-0.2, -0.15) is 0 Å². The van der Waals surface area contributed by atoms with Gasteiger partial charge in [0, 0.05) is 19.0 Å². The second-order valence-electron chi connectivity index (χ2n) is 4.67. The molecule has 102 valence electrons. The lowest BCUT2D eigenvalue weighted by Gasteiger charge is -2.23. The van der Waals surface area contributed by atoms with Gasteiger partial charge >= 0.3 is 5.97 Å². The number of esters is 1. The van der Waals surface area contributed by atoms with Crippen LogP contribution in [0.4, 0.5) is 0 Å². The van der Waals surface area contributed by atoms with E-state index in [1.165, 1.54) is 14.0 Å². The van der Waals surface area contributed by atoms with E-state index in [1.807, 2.05) is 19.1 Å². The highest BCUT2D eigenvalue weighted by Crippen LogP contribution is 2.08. The van der Waals surface area contributed by atoms with Gasteiger partial charge in [-0.1, -0.05) is 0 Å². The number of nitrogens with one attached hydrogen (secondary N) is 1. The predicted octanol–water partition coefficient (Wildman–Crippen LogP) is 1.11. The lowest BCUT2D eigenvalue weighted by Crippen LogP contribution is -2.47. The normalized spacial score (nSPS) is 16.0. The number of ether oxygens (including phenoxy) is 1. The fraction of sp³-hybridized carbons (Fsp3) is 0.615. The van der Waals surface area contributed by atoms with Gasteiger partial charge in [-0.15, -0.1) is 0 Å². The molecule has 5 nitrogen and oxygen atoms in total. The predicted molar refractivity (Wildman–Crippen MR) is 67.1 cm³/mol. The summed E-state index contributed by atoms with van der Waals surface area (Å²) in [6, 6.07) is 3.96. The highest BCUT2D eigenvalue weighted by molar-refractivity contribution is 5.78. The van der Waals surface area contributed by atoms with Crippen molar-refractivity contribution >= 4 is 5.97 Å². The van der Waals surface area contributed by atoms with Gasteiger partial charge < -0.3 is 19.6 Å². The van der Waals surface area contributed by atoms with E-state index < -0.39 is 11.6 Å². The number of methoxy groups -OCH3 is 1. The maximum atomic E-state index is 11.3. The lowest BCUT2D eigenvalue weighted by molar-refractivity contribution is -0.160. The topological polar surface area (TPSA) is 71.7 Å². The Morgan fingerprint density at radius 3 is 2.94 bits per heavy atom. The van der Waals surface area contributed by atoms with Crippen molar-refractivity contribution in [2.75, 3.05) is 13.7 Å². The molecule has 2 N–H and O–H groups in total. The Morgan fingerprint density at radius 2 is 2.39 bits per heavy atom. The van der Waals surface area contributed by atoms with Crippen LogP contribution in [-0.4, -0.2) is 36.4 Å². The van der Waals surface area contributed by atoms with Crippen LogP contribution in [0.1, 0.15) is 26.0 Å². The maximum absolute atomic E-state index is 11.3. The summed E-state index contributed by atoms with van der Waals surface area (Å²) in [5.41, 5.74) is -1.49. The molecule has 1 aromatic rings. The van der Waals surface area contributed by atoms with Crippen LogP contribution in [-0.2, 0) is 16.0 Å². The van der Waals surface area contributed by atoms with Crippen LogP contribution in [0.15, 0.2) is 22.8 Å². The zero-order chi connectivity index (χ0) is 13.6. The minimum Gasteiger partial charge on any atom is -0.469 e. The molecule has 1 rings (SSSR count). The highest BCUT2D eigenvalue weighted by atomic mass is 16.5. The van der Waals surface area contributed by atoms with Crippen LogP contribution in [0.5, 0.6) is 0 Å². The minimum atomic E-state index is -1.49. The van der Waals surface area contributed by atoms with E-state index in [1.54, 1.807) is 6.26 Å². The average Bonchev–Trinajstić information content (AvgIpc) is 2.86. The zero-order valence-corrected chi connectivity index (χ0v) is 11.1. The summed E-state index contributed by atoms with van der Waals surface area (Å²) in [6.45, 7) is 3.60. The quantitative estimate of drug-likeness (QED) is 0.714. The van der Waals surface area contributed by atoms with Gasteiger partial charge in [-0.3, -0.25) is 0 Å². The fourth-order valence-corrected chi connectivity index (χ4v) is 1.58. The van der Waals surface area contributed by atoms with Crippen LogP contribution in [0.25, 0.3) is 0 Å². The van der Waals surface area contributed by atoms with E-state index in [4.69, 9.17) is 4.42 Å². The van der Waals surface area contributed by atoms with E-state index in [0.29, 0.717) is 0 Å². The van der Waals surface area contributed by atoms with Crippen molar-refractivity contribution in [2.24, 2.45) is 0 Å². The molecule has 18 heavy (non-hydrogen) atoms. The van der Waals surface area contributed by atoms with Gasteiger partial charge in [0.2, 0.25) is 0 Å². The van der Waals surface area contributed by atoms with Crippen molar-refractivity contribution in [1.29, 1.82) is 0 Å². The van der Waals surface area contributed by atoms with Gasteiger partial charge in [0.05, 0.1) is 13.4 Å². The molecule has 0 spiro atoms. The summed E-state index contributed by atoms with van der Waals surface area (Å²) in [6.07, 6.45) is 3.34. The number of aliphatic hydroxyl groups is 1. The molecule has 0 fully saturated rings. The van der Waals surface area contributed by atoms with Gasteiger partial charge in [-0.25, -0.2) is 4.79 Å². The van der Waals surface area contributed by atoms with Crippen LogP contribution in [0.2, 0.25) is 0 Å². The van der Waals surface area contributed by atoms with Crippen molar-refractivity contribution in [3.63, 3.8) is 0 Å². The molecule has 2 unspecified atom stereocenters. The first-order valence-corrected chi connectivity index (χ1v) is 6.02. The summed E-state index contributed by atoms with van der Waals surface area (Å²) < 4.78 is 9.76. The van der Waals surface area contributed by atoms with Crippen molar-refractivity contribution in [1.82, 2.24) is 5.32 Å². The lowest BCUT2D eigenvalue weighted by atomic mass is 10.1. The van der Waals surface area contributed by atoms with Gasteiger partial charge in [0.15, 0.2) is 5.60 Å². The minimum absolute atomic E-state index is 0.166. The molecule has 1 heterocycles. The third-order valence-electron chi connectivity index (χ3n) is 2.82. The van der Waals surface area contributed by atoms with E-state index in [2.05, 4.69) is 10.1 Å². The molecule has 0 aromatic carbocycles. The molecule has 0 aliphatic heterocycles. The van der Waals surface area contributed by atoms with Crippen molar-refractivity contribution < 1.29 is 19.1 Å². The Labute approximate surface area is 107 Å². The summed E-state index contributed by atoms with van der Waals surface area (Å²) in [5, 5.41) is 12.9. The van der Waals surface area contributed by atoms with Crippen molar-refractivity contribution in [3.05, 3.63) is 24.2 Å². The molecule has 0 amide bonds. The number of hydrogen-bond donors (Lipinski definition) is 2. The molecule has 0 aliphatic carbocycles. The molecule has 0 bridgehead atoms. The largest absolute Gasteiger partial charge is 0.469 e. The highest BCUT2D eigenvalue weighted by Gasteiger charge is 2.31. The second-order valence-corrected chi connectivity index (χ2v) is 4.67. The summed E-state index contributed by atoms with van der Waals surface area (Å²) in [5.74, 6) is 0.302. The first kappa shape index (κ1) is 14.7. The number of rotatable bonds is 7. The maximum Gasteiger partial charge on any atom is 0.338 e. The summed E-state index contributed by atoms with van der Waals surface area (Å²) >= 11 is 0. The Balaban J connectivity index is 2.28. The third-order valence-corrected chi connectivity index (χ3v) is 2.82. The molecular weight excluding hydrogens is 234 g/mol. The zero-order valence-electron chi connectivity index (χ0n) is 11.1. The molecule has 5 heteroatoms. The Morgan fingerprint density at radius 1 is 1.67 bits per heavy atom.